The third-order valence-corrected chi connectivity index (χ3v) is 3.35. The number of aromatic nitrogens is 3. The molecule has 1 aromatic carbocycles. The van der Waals surface area contributed by atoms with Gasteiger partial charge in [0.15, 0.2) is 5.76 Å². The van der Waals surface area contributed by atoms with Crippen molar-refractivity contribution in [1.29, 1.82) is 0 Å². The van der Waals surface area contributed by atoms with Crippen LogP contribution in [0.1, 0.15) is 30.1 Å². The topological polar surface area (TPSA) is 64.1 Å². The van der Waals surface area contributed by atoms with Gasteiger partial charge in [0.05, 0.1) is 6.54 Å². The van der Waals surface area contributed by atoms with Gasteiger partial charge in [-0.1, -0.05) is 11.1 Å². The molecule has 110 valence electrons. The summed E-state index contributed by atoms with van der Waals surface area (Å²) in [5.74, 6) is 3.86. The highest BCUT2D eigenvalue weighted by Gasteiger charge is 2.12. The molecule has 5 nitrogen and oxygen atoms in total. The number of hydrogen-bond acceptors (Lipinski definition) is 4. The van der Waals surface area contributed by atoms with Crippen molar-refractivity contribution >= 4 is 0 Å². The first-order valence-electron chi connectivity index (χ1n) is 6.89. The fraction of sp³-hybridized carbons (Fsp3) is 0.176. The van der Waals surface area contributed by atoms with Gasteiger partial charge in [-0.2, -0.15) is 0 Å². The SMILES string of the molecule is C#Cc1ccc(-c2cc(Cn3ccnc3[C@H](C)O)no2)cc1. The van der Waals surface area contributed by atoms with Gasteiger partial charge in [-0.25, -0.2) is 4.98 Å². The minimum absolute atomic E-state index is 0.492. The van der Waals surface area contributed by atoms with E-state index < -0.39 is 6.10 Å². The smallest absolute Gasteiger partial charge is 0.167 e. The summed E-state index contributed by atoms with van der Waals surface area (Å²) in [5.41, 5.74) is 2.50. The van der Waals surface area contributed by atoms with Crippen LogP contribution in [0.4, 0.5) is 0 Å². The number of aliphatic hydroxyl groups excluding tert-OH is 1. The average Bonchev–Trinajstić information content (AvgIpc) is 3.17. The molecule has 0 spiro atoms. The number of hydrogen-bond donors (Lipinski definition) is 1. The van der Waals surface area contributed by atoms with Crippen LogP contribution in [0.2, 0.25) is 0 Å². The second-order valence-electron chi connectivity index (χ2n) is 4.99. The van der Waals surface area contributed by atoms with Gasteiger partial charge in [0.25, 0.3) is 0 Å². The molecule has 0 aliphatic rings. The average molecular weight is 293 g/mol. The van der Waals surface area contributed by atoms with E-state index in [2.05, 4.69) is 16.1 Å². The Morgan fingerprint density at radius 3 is 2.82 bits per heavy atom. The Hall–Kier alpha value is -2.84. The molecule has 2 aromatic heterocycles. The molecule has 0 amide bonds. The molecule has 2 heterocycles. The van der Waals surface area contributed by atoms with E-state index in [0.717, 1.165) is 16.8 Å². The van der Waals surface area contributed by atoms with Gasteiger partial charge in [0, 0.05) is 29.6 Å². The highest BCUT2D eigenvalue weighted by Crippen LogP contribution is 2.21. The molecule has 1 atom stereocenters. The van der Waals surface area contributed by atoms with E-state index in [1.54, 1.807) is 19.3 Å². The van der Waals surface area contributed by atoms with Gasteiger partial charge in [0.1, 0.15) is 17.6 Å². The maximum atomic E-state index is 9.66. The number of benzene rings is 1. The Balaban J connectivity index is 1.81. The highest BCUT2D eigenvalue weighted by molar-refractivity contribution is 5.58. The van der Waals surface area contributed by atoms with Gasteiger partial charge < -0.3 is 14.2 Å². The van der Waals surface area contributed by atoms with Crippen molar-refractivity contribution in [3.63, 3.8) is 0 Å². The van der Waals surface area contributed by atoms with Gasteiger partial charge in [-0.05, 0) is 31.2 Å². The summed E-state index contributed by atoms with van der Waals surface area (Å²) in [4.78, 5) is 4.13. The summed E-state index contributed by atoms with van der Waals surface area (Å²) in [6.07, 6.45) is 8.17. The van der Waals surface area contributed by atoms with Crippen molar-refractivity contribution in [1.82, 2.24) is 14.7 Å². The molecule has 0 unspecified atom stereocenters. The van der Waals surface area contributed by atoms with Crippen LogP contribution >= 0.6 is 0 Å². The highest BCUT2D eigenvalue weighted by atomic mass is 16.5. The van der Waals surface area contributed by atoms with Crippen molar-refractivity contribution in [2.24, 2.45) is 0 Å². The third kappa shape index (κ3) is 2.78. The van der Waals surface area contributed by atoms with Crippen LogP contribution < -0.4 is 0 Å². The molecular weight excluding hydrogens is 278 g/mol. The number of nitrogens with zero attached hydrogens (tertiary/aromatic N) is 3. The van der Waals surface area contributed by atoms with E-state index in [1.165, 1.54) is 0 Å². The van der Waals surface area contributed by atoms with E-state index in [4.69, 9.17) is 10.9 Å². The molecule has 1 N–H and O–H groups in total. The van der Waals surface area contributed by atoms with Crippen LogP contribution in [0.15, 0.2) is 47.2 Å². The Morgan fingerprint density at radius 2 is 2.14 bits per heavy atom. The first-order valence-corrected chi connectivity index (χ1v) is 6.89. The second kappa shape index (κ2) is 5.88. The molecular formula is C17H15N3O2. The zero-order valence-corrected chi connectivity index (χ0v) is 12.1. The molecule has 3 aromatic rings. The number of terminal acetylenes is 1. The van der Waals surface area contributed by atoms with Crippen LogP contribution in [0.5, 0.6) is 0 Å². The molecule has 0 aliphatic heterocycles. The van der Waals surface area contributed by atoms with Crippen molar-refractivity contribution in [3.8, 4) is 23.7 Å². The first kappa shape index (κ1) is 14.1. The minimum Gasteiger partial charge on any atom is -0.385 e. The fourth-order valence-corrected chi connectivity index (χ4v) is 2.25. The zero-order chi connectivity index (χ0) is 15.5. The predicted octanol–water partition coefficient (Wildman–Crippen LogP) is 2.62. The maximum absolute atomic E-state index is 9.66. The summed E-state index contributed by atoms with van der Waals surface area (Å²) >= 11 is 0. The molecule has 0 bridgehead atoms. The van der Waals surface area contributed by atoms with Crippen LogP contribution in [0.3, 0.4) is 0 Å². The van der Waals surface area contributed by atoms with E-state index >= 15 is 0 Å². The molecule has 0 saturated carbocycles. The third-order valence-electron chi connectivity index (χ3n) is 3.35. The summed E-state index contributed by atoms with van der Waals surface area (Å²) in [6, 6.07) is 9.39. The van der Waals surface area contributed by atoms with Crippen molar-refractivity contribution in [2.75, 3.05) is 0 Å². The zero-order valence-electron chi connectivity index (χ0n) is 12.1. The molecule has 5 heteroatoms. The van der Waals surface area contributed by atoms with Crippen molar-refractivity contribution in [2.45, 2.75) is 19.6 Å². The van der Waals surface area contributed by atoms with Crippen LogP contribution in [0, 0.1) is 12.3 Å². The Morgan fingerprint density at radius 1 is 1.36 bits per heavy atom. The maximum Gasteiger partial charge on any atom is 0.167 e. The predicted molar refractivity (Wildman–Crippen MR) is 81.8 cm³/mol. The number of aliphatic hydroxyl groups is 1. The van der Waals surface area contributed by atoms with Crippen molar-refractivity contribution in [3.05, 3.63) is 59.8 Å². The molecule has 0 saturated heterocycles. The molecule has 3 rings (SSSR count). The van der Waals surface area contributed by atoms with E-state index in [-0.39, 0.29) is 0 Å². The largest absolute Gasteiger partial charge is 0.385 e. The summed E-state index contributed by atoms with van der Waals surface area (Å²) < 4.78 is 7.22. The second-order valence-corrected chi connectivity index (χ2v) is 4.99. The Kier molecular flexibility index (Phi) is 3.77. The lowest BCUT2D eigenvalue weighted by atomic mass is 10.1. The lowest BCUT2D eigenvalue weighted by Gasteiger charge is -2.07. The quantitative estimate of drug-likeness (QED) is 0.751. The van der Waals surface area contributed by atoms with E-state index in [0.29, 0.717) is 18.1 Å². The monoisotopic (exact) mass is 293 g/mol. The van der Waals surface area contributed by atoms with Gasteiger partial charge in [0.2, 0.25) is 0 Å². The van der Waals surface area contributed by atoms with Crippen LogP contribution in [-0.4, -0.2) is 19.8 Å². The van der Waals surface area contributed by atoms with E-state index in [9.17, 15) is 5.11 Å². The molecule has 0 radical (unpaired) electrons. The lowest BCUT2D eigenvalue weighted by molar-refractivity contribution is 0.184. The van der Waals surface area contributed by atoms with Crippen LogP contribution in [-0.2, 0) is 6.54 Å². The number of imidazole rings is 1. The first-order chi connectivity index (χ1) is 10.7. The van der Waals surface area contributed by atoms with Crippen molar-refractivity contribution < 1.29 is 9.63 Å². The number of rotatable bonds is 4. The Labute approximate surface area is 128 Å². The standard InChI is InChI=1S/C17H15N3O2/c1-3-13-4-6-14(7-5-13)16-10-15(19-22-16)11-20-9-8-18-17(20)12(2)21/h1,4-10,12,21H,11H2,2H3/t12-/m0/s1. The van der Waals surface area contributed by atoms with Gasteiger partial charge in [-0.15, -0.1) is 6.42 Å². The van der Waals surface area contributed by atoms with Crippen LogP contribution in [0.25, 0.3) is 11.3 Å². The van der Waals surface area contributed by atoms with Gasteiger partial charge >= 0.3 is 0 Å². The Bertz CT molecular complexity index is 807. The normalized spacial score (nSPS) is 12.0. The fourth-order valence-electron chi connectivity index (χ4n) is 2.25. The van der Waals surface area contributed by atoms with Gasteiger partial charge in [-0.3, -0.25) is 0 Å². The lowest BCUT2D eigenvalue weighted by Crippen LogP contribution is -2.07. The molecule has 0 aliphatic carbocycles. The summed E-state index contributed by atoms with van der Waals surface area (Å²) in [6.45, 7) is 2.17. The molecule has 0 fully saturated rings. The minimum atomic E-state index is -0.627. The summed E-state index contributed by atoms with van der Waals surface area (Å²) in [7, 11) is 0. The summed E-state index contributed by atoms with van der Waals surface area (Å²) in [5, 5.41) is 13.7. The molecule has 22 heavy (non-hydrogen) atoms. The van der Waals surface area contributed by atoms with E-state index in [1.807, 2.05) is 34.9 Å².